The Morgan fingerprint density at radius 1 is 1.32 bits per heavy atom. The largest absolute Gasteiger partial charge is 0.355 e. The lowest BCUT2D eigenvalue weighted by atomic mass is 9.72. The third kappa shape index (κ3) is 3.65. The molecule has 0 spiro atoms. The molecule has 1 saturated heterocycles. The van der Waals surface area contributed by atoms with Gasteiger partial charge in [-0.25, -0.2) is 9.18 Å². The van der Waals surface area contributed by atoms with E-state index >= 15 is 0 Å². The Morgan fingerprint density at radius 3 is 2.79 bits per heavy atom. The molecule has 0 radical (unpaired) electrons. The minimum atomic E-state index is -0.520. The average molecular weight is 404 g/mol. The number of amides is 3. The molecule has 2 aliphatic carbocycles. The van der Waals surface area contributed by atoms with E-state index in [1.54, 1.807) is 0 Å². The highest BCUT2D eigenvalue weighted by molar-refractivity contribution is 6.31. The number of nitrogens with zero attached hydrogens (tertiary/aromatic N) is 1. The maximum atomic E-state index is 13.4. The van der Waals surface area contributed by atoms with E-state index in [1.807, 2.05) is 30.1 Å². The van der Waals surface area contributed by atoms with Crippen molar-refractivity contribution in [3.05, 3.63) is 53.3 Å². The summed E-state index contributed by atoms with van der Waals surface area (Å²) in [7, 11) is 0. The van der Waals surface area contributed by atoms with E-state index in [2.05, 4.69) is 16.7 Å². The molecule has 0 aromatic heterocycles. The Kier molecular flexibility index (Phi) is 5.15. The van der Waals surface area contributed by atoms with Crippen LogP contribution in [0.25, 0.3) is 0 Å². The third-order valence-corrected chi connectivity index (χ3v) is 6.18. The third-order valence-electron chi connectivity index (χ3n) is 5.89. The molecular weight excluding hydrogens is 381 g/mol. The predicted molar refractivity (Wildman–Crippen MR) is 107 cm³/mol. The van der Waals surface area contributed by atoms with Crippen LogP contribution in [0.3, 0.4) is 0 Å². The van der Waals surface area contributed by atoms with E-state index < -0.39 is 5.82 Å². The van der Waals surface area contributed by atoms with Crippen LogP contribution in [-0.4, -0.2) is 35.5 Å². The Balaban J connectivity index is 1.53. The zero-order chi connectivity index (χ0) is 19.8. The topological polar surface area (TPSA) is 61.4 Å². The van der Waals surface area contributed by atoms with Crippen molar-refractivity contribution in [1.82, 2.24) is 10.2 Å². The second kappa shape index (κ2) is 7.59. The zero-order valence-electron chi connectivity index (χ0n) is 15.6. The van der Waals surface area contributed by atoms with Gasteiger partial charge in [-0.15, -0.1) is 0 Å². The molecule has 3 amide bonds. The zero-order valence-corrected chi connectivity index (χ0v) is 16.3. The average Bonchev–Trinajstić information content (AvgIpc) is 3.50. The van der Waals surface area contributed by atoms with Crippen molar-refractivity contribution in [2.45, 2.75) is 31.8 Å². The van der Waals surface area contributed by atoms with Gasteiger partial charge in [0.15, 0.2) is 0 Å². The summed E-state index contributed by atoms with van der Waals surface area (Å²) >= 11 is 5.83. The highest BCUT2D eigenvalue weighted by Gasteiger charge is 2.45. The number of carbonyl (C=O) groups excluding carboxylic acids is 2. The number of carbonyl (C=O) groups is 2. The quantitative estimate of drug-likeness (QED) is 0.799. The first-order valence-corrected chi connectivity index (χ1v) is 10.0. The molecule has 0 bridgehead atoms. The second-order valence-corrected chi connectivity index (χ2v) is 8.13. The fraction of sp³-hybridized carbons (Fsp3) is 0.429. The van der Waals surface area contributed by atoms with E-state index in [-0.39, 0.29) is 46.8 Å². The van der Waals surface area contributed by atoms with Gasteiger partial charge in [-0.1, -0.05) is 35.9 Å². The van der Waals surface area contributed by atoms with E-state index in [4.69, 9.17) is 11.6 Å². The first kappa shape index (κ1) is 19.0. The molecule has 4 atom stereocenters. The molecule has 1 heterocycles. The smallest absolute Gasteiger partial charge is 0.322 e. The lowest BCUT2D eigenvalue weighted by molar-refractivity contribution is -0.128. The molecule has 1 aliphatic heterocycles. The van der Waals surface area contributed by atoms with Crippen LogP contribution in [0, 0.1) is 23.6 Å². The predicted octanol–water partition coefficient (Wildman–Crippen LogP) is 3.97. The molecular formula is C21H23ClFN3O2. The van der Waals surface area contributed by atoms with Crippen molar-refractivity contribution in [3.8, 4) is 0 Å². The summed E-state index contributed by atoms with van der Waals surface area (Å²) < 4.78 is 13.4. The summed E-state index contributed by atoms with van der Waals surface area (Å²) in [6, 6.07) is 4.05. The second-order valence-electron chi connectivity index (χ2n) is 7.72. The van der Waals surface area contributed by atoms with Gasteiger partial charge in [0.05, 0.1) is 10.9 Å². The lowest BCUT2D eigenvalue weighted by Gasteiger charge is -2.43. The van der Waals surface area contributed by atoms with Crippen molar-refractivity contribution in [3.63, 3.8) is 0 Å². The van der Waals surface area contributed by atoms with E-state index in [1.165, 1.54) is 18.2 Å². The van der Waals surface area contributed by atoms with Crippen LogP contribution in [0.2, 0.25) is 5.02 Å². The van der Waals surface area contributed by atoms with Gasteiger partial charge in [0.25, 0.3) is 0 Å². The minimum absolute atomic E-state index is 0.0271. The highest BCUT2D eigenvalue weighted by Crippen LogP contribution is 2.38. The fourth-order valence-electron chi connectivity index (χ4n) is 4.26. The number of allylic oxidation sites excluding steroid dienone is 3. The Labute approximate surface area is 168 Å². The van der Waals surface area contributed by atoms with Crippen molar-refractivity contribution in [1.29, 1.82) is 0 Å². The maximum absolute atomic E-state index is 13.4. The van der Waals surface area contributed by atoms with E-state index in [0.29, 0.717) is 12.2 Å². The van der Waals surface area contributed by atoms with Crippen LogP contribution in [0.1, 0.15) is 19.8 Å². The maximum Gasteiger partial charge on any atom is 0.322 e. The number of urea groups is 1. The van der Waals surface area contributed by atoms with Crippen LogP contribution in [0.15, 0.2) is 42.5 Å². The molecule has 2 N–H and O–H groups in total. The van der Waals surface area contributed by atoms with Crippen molar-refractivity contribution in [2.75, 3.05) is 11.9 Å². The molecule has 2 fully saturated rings. The van der Waals surface area contributed by atoms with E-state index in [9.17, 15) is 14.0 Å². The van der Waals surface area contributed by atoms with Gasteiger partial charge in [-0.3, -0.25) is 4.79 Å². The van der Waals surface area contributed by atoms with Crippen molar-refractivity contribution >= 4 is 29.2 Å². The number of anilines is 1. The molecule has 148 valence electrons. The van der Waals surface area contributed by atoms with Gasteiger partial charge in [0, 0.05) is 30.2 Å². The van der Waals surface area contributed by atoms with Gasteiger partial charge in [0.1, 0.15) is 5.82 Å². The Morgan fingerprint density at radius 2 is 2.07 bits per heavy atom. The van der Waals surface area contributed by atoms with Crippen LogP contribution in [0.4, 0.5) is 14.9 Å². The Bertz CT molecular complexity index is 852. The summed E-state index contributed by atoms with van der Waals surface area (Å²) in [6.45, 7) is 2.58. The number of hydrogen-bond donors (Lipinski definition) is 2. The van der Waals surface area contributed by atoms with Gasteiger partial charge in [-0.05, 0) is 43.9 Å². The summed E-state index contributed by atoms with van der Waals surface area (Å²) in [5.74, 6) is -0.480. The molecule has 5 nitrogen and oxygen atoms in total. The number of hydrogen-bond acceptors (Lipinski definition) is 2. The number of nitrogens with one attached hydrogen (secondary N) is 2. The van der Waals surface area contributed by atoms with Crippen LogP contribution < -0.4 is 10.6 Å². The lowest BCUT2D eigenvalue weighted by Crippen LogP contribution is -2.56. The monoisotopic (exact) mass is 403 g/mol. The van der Waals surface area contributed by atoms with Gasteiger partial charge >= 0.3 is 6.03 Å². The molecule has 28 heavy (non-hydrogen) atoms. The summed E-state index contributed by atoms with van der Waals surface area (Å²) in [6.07, 6.45) is 9.81. The first-order valence-electron chi connectivity index (χ1n) is 9.63. The van der Waals surface area contributed by atoms with Crippen molar-refractivity contribution in [2.24, 2.45) is 17.8 Å². The van der Waals surface area contributed by atoms with Crippen LogP contribution in [0.5, 0.6) is 0 Å². The summed E-state index contributed by atoms with van der Waals surface area (Å²) in [5, 5.41) is 5.81. The molecule has 1 aromatic rings. The molecule has 3 aliphatic rings. The van der Waals surface area contributed by atoms with Crippen LogP contribution in [-0.2, 0) is 4.79 Å². The summed E-state index contributed by atoms with van der Waals surface area (Å²) in [4.78, 5) is 27.2. The van der Waals surface area contributed by atoms with Crippen LogP contribution >= 0.6 is 11.6 Å². The Hall–Kier alpha value is -2.34. The first-order chi connectivity index (χ1) is 13.5. The number of fused-ring (bicyclic) bond motifs is 1. The van der Waals surface area contributed by atoms with Gasteiger partial charge in [0.2, 0.25) is 5.91 Å². The summed E-state index contributed by atoms with van der Waals surface area (Å²) in [5.41, 5.74) is 0.463. The normalized spacial score (nSPS) is 27.0. The molecule has 7 heteroatoms. The molecule has 1 saturated carbocycles. The minimum Gasteiger partial charge on any atom is -0.355 e. The standard InChI is InChI=1S/C21H23ClFN3O2/c1-12(17-11-24-20(27)16-5-3-2-4-15(16)17)26(14-7-8-14)21(28)25-13-6-9-19(23)18(22)10-13/h2-6,9-10,12,14-17H,7-8,11H2,1H3,(H,24,27)(H,25,28). The number of benzene rings is 1. The molecule has 4 unspecified atom stereocenters. The number of halogens is 2. The number of piperidine rings is 1. The number of rotatable bonds is 4. The van der Waals surface area contributed by atoms with Crippen molar-refractivity contribution < 1.29 is 14.0 Å². The van der Waals surface area contributed by atoms with Gasteiger partial charge in [-0.2, -0.15) is 0 Å². The SMILES string of the molecule is CC(C1CNC(=O)C2C=CC=CC21)N(C(=O)Nc1ccc(F)c(Cl)c1)C1CC1. The molecule has 4 rings (SSSR count). The van der Waals surface area contributed by atoms with E-state index in [0.717, 1.165) is 12.8 Å². The van der Waals surface area contributed by atoms with Gasteiger partial charge < -0.3 is 15.5 Å². The highest BCUT2D eigenvalue weighted by atomic mass is 35.5. The molecule has 1 aromatic carbocycles. The fourth-order valence-corrected chi connectivity index (χ4v) is 4.44.